The topological polar surface area (TPSA) is 87.7 Å². The van der Waals surface area contributed by atoms with Gasteiger partial charge >= 0.3 is 0 Å². The van der Waals surface area contributed by atoms with Crippen LogP contribution in [0.4, 0.5) is 11.6 Å². The number of aromatic nitrogens is 2. The van der Waals surface area contributed by atoms with Crippen LogP contribution in [0.2, 0.25) is 0 Å². The van der Waals surface area contributed by atoms with Gasteiger partial charge in [-0.05, 0) is 19.4 Å². The molecular formula is C19H27N5O2. The molecule has 3 rings (SSSR count). The number of hydrogen-bond acceptors (Lipinski definition) is 7. The molecule has 1 atom stereocenters. The van der Waals surface area contributed by atoms with Gasteiger partial charge in [0, 0.05) is 50.5 Å². The molecule has 1 aliphatic heterocycles. The minimum absolute atomic E-state index is 0.161. The molecule has 0 bridgehead atoms. The highest BCUT2D eigenvalue weighted by Crippen LogP contribution is 2.25. The number of para-hydroxylation sites is 1. The van der Waals surface area contributed by atoms with E-state index in [4.69, 9.17) is 10.5 Å². The lowest BCUT2D eigenvalue weighted by atomic mass is 10.1. The number of aliphatic hydroxyl groups excluding tert-OH is 1. The smallest absolute Gasteiger partial charge is 0.134 e. The normalized spacial score (nSPS) is 18.1. The predicted molar refractivity (Wildman–Crippen MR) is 102 cm³/mol. The minimum atomic E-state index is 0.161. The maximum atomic E-state index is 9.53. The maximum Gasteiger partial charge on any atom is 0.134 e. The number of rotatable bonds is 7. The fourth-order valence-electron chi connectivity index (χ4n) is 3.42. The van der Waals surface area contributed by atoms with Crippen LogP contribution in [0.5, 0.6) is 5.75 Å². The van der Waals surface area contributed by atoms with Gasteiger partial charge in [0.15, 0.2) is 0 Å². The molecule has 1 aromatic heterocycles. The predicted octanol–water partition coefficient (Wildman–Crippen LogP) is 1.53. The molecule has 0 radical (unpaired) electrons. The second-order valence-electron chi connectivity index (χ2n) is 6.42. The van der Waals surface area contributed by atoms with E-state index in [0.29, 0.717) is 18.8 Å². The Morgan fingerprint density at radius 2 is 2.12 bits per heavy atom. The highest BCUT2D eigenvalue weighted by Gasteiger charge is 2.28. The molecule has 0 amide bonds. The van der Waals surface area contributed by atoms with E-state index >= 15 is 0 Å². The van der Waals surface area contributed by atoms with Gasteiger partial charge in [-0.1, -0.05) is 18.2 Å². The van der Waals surface area contributed by atoms with Gasteiger partial charge < -0.3 is 20.5 Å². The Labute approximate surface area is 154 Å². The van der Waals surface area contributed by atoms with Crippen molar-refractivity contribution in [3.05, 3.63) is 42.2 Å². The van der Waals surface area contributed by atoms with Gasteiger partial charge in [0.05, 0.1) is 6.61 Å². The lowest BCUT2D eigenvalue weighted by molar-refractivity contribution is 0.134. The number of hydrogen-bond donors (Lipinski definition) is 2. The summed E-state index contributed by atoms with van der Waals surface area (Å²) in [5, 5.41) is 9.53. The van der Waals surface area contributed by atoms with Crippen molar-refractivity contribution < 1.29 is 9.84 Å². The van der Waals surface area contributed by atoms with E-state index in [9.17, 15) is 5.11 Å². The van der Waals surface area contributed by atoms with Gasteiger partial charge in [-0.2, -0.15) is 0 Å². The Hall–Kier alpha value is -2.38. The first-order valence-corrected chi connectivity index (χ1v) is 9.09. The summed E-state index contributed by atoms with van der Waals surface area (Å²) in [4.78, 5) is 12.9. The summed E-state index contributed by atoms with van der Waals surface area (Å²) in [6.45, 7) is 6.16. The van der Waals surface area contributed by atoms with E-state index in [-0.39, 0.29) is 12.6 Å². The van der Waals surface area contributed by atoms with Crippen LogP contribution in [0, 0.1) is 0 Å². The van der Waals surface area contributed by atoms with Crippen molar-refractivity contribution in [2.45, 2.75) is 25.9 Å². The zero-order chi connectivity index (χ0) is 18.4. The van der Waals surface area contributed by atoms with Crippen molar-refractivity contribution in [3.8, 4) is 5.75 Å². The Balaban J connectivity index is 1.73. The van der Waals surface area contributed by atoms with Crippen LogP contribution in [0.15, 0.2) is 36.7 Å². The molecule has 7 heteroatoms. The first kappa shape index (κ1) is 18.4. The van der Waals surface area contributed by atoms with Crippen LogP contribution in [0.25, 0.3) is 0 Å². The average molecular weight is 357 g/mol. The number of benzene rings is 1. The quantitative estimate of drug-likeness (QED) is 0.777. The Kier molecular flexibility index (Phi) is 6.25. The fraction of sp³-hybridized carbons (Fsp3) is 0.474. The molecule has 1 aliphatic rings. The van der Waals surface area contributed by atoms with Crippen LogP contribution in [-0.2, 0) is 6.54 Å². The SMILES string of the molecule is CCOc1ccccc1CN1CCN(c2cc(N)ncn2)CC1CCO. The summed E-state index contributed by atoms with van der Waals surface area (Å²) in [6.07, 6.45) is 2.21. The second kappa shape index (κ2) is 8.82. The molecule has 26 heavy (non-hydrogen) atoms. The Bertz CT molecular complexity index is 712. The number of piperazine rings is 1. The molecule has 1 aromatic carbocycles. The van der Waals surface area contributed by atoms with Crippen LogP contribution in [-0.4, -0.2) is 58.9 Å². The first-order valence-electron chi connectivity index (χ1n) is 9.09. The standard InChI is InChI=1S/C19H27N5O2/c1-2-26-17-6-4-3-5-15(17)12-23-8-9-24(13-16(23)7-10-25)19-11-18(20)21-14-22-19/h3-6,11,14,16,25H,2,7-10,12-13H2,1H3,(H2,20,21,22). The molecule has 1 fully saturated rings. The van der Waals surface area contributed by atoms with Gasteiger partial charge in [-0.25, -0.2) is 9.97 Å². The van der Waals surface area contributed by atoms with Crippen molar-refractivity contribution in [2.75, 3.05) is 43.5 Å². The van der Waals surface area contributed by atoms with Gasteiger partial charge in [0.2, 0.25) is 0 Å². The lowest BCUT2D eigenvalue weighted by Crippen LogP contribution is -2.53. The maximum absolute atomic E-state index is 9.53. The largest absolute Gasteiger partial charge is 0.494 e. The van der Waals surface area contributed by atoms with E-state index in [1.807, 2.05) is 25.1 Å². The number of nitrogen functional groups attached to an aromatic ring is 1. The summed E-state index contributed by atoms with van der Waals surface area (Å²) in [5.41, 5.74) is 6.97. The second-order valence-corrected chi connectivity index (χ2v) is 6.42. The van der Waals surface area contributed by atoms with E-state index in [1.165, 1.54) is 11.9 Å². The van der Waals surface area contributed by atoms with Crippen molar-refractivity contribution in [1.29, 1.82) is 0 Å². The molecule has 0 spiro atoms. The highest BCUT2D eigenvalue weighted by molar-refractivity contribution is 5.46. The molecular weight excluding hydrogens is 330 g/mol. The van der Waals surface area contributed by atoms with Crippen LogP contribution < -0.4 is 15.4 Å². The number of aliphatic hydroxyl groups is 1. The molecule has 0 aliphatic carbocycles. The van der Waals surface area contributed by atoms with E-state index in [0.717, 1.165) is 37.7 Å². The Morgan fingerprint density at radius 3 is 2.88 bits per heavy atom. The lowest BCUT2D eigenvalue weighted by Gasteiger charge is -2.42. The van der Waals surface area contributed by atoms with Crippen molar-refractivity contribution >= 4 is 11.6 Å². The third kappa shape index (κ3) is 4.42. The van der Waals surface area contributed by atoms with Gasteiger partial charge in [-0.3, -0.25) is 4.90 Å². The summed E-state index contributed by atoms with van der Waals surface area (Å²) < 4.78 is 5.76. The summed E-state index contributed by atoms with van der Waals surface area (Å²) in [5.74, 6) is 2.25. The molecule has 140 valence electrons. The van der Waals surface area contributed by atoms with Crippen molar-refractivity contribution in [2.24, 2.45) is 0 Å². The molecule has 2 aromatic rings. The monoisotopic (exact) mass is 357 g/mol. The number of ether oxygens (including phenoxy) is 1. The van der Waals surface area contributed by atoms with Gasteiger partial charge in [0.1, 0.15) is 23.7 Å². The zero-order valence-electron chi connectivity index (χ0n) is 15.2. The first-order chi connectivity index (χ1) is 12.7. The molecule has 0 saturated carbocycles. The molecule has 1 saturated heterocycles. The van der Waals surface area contributed by atoms with Crippen LogP contribution in [0.1, 0.15) is 18.9 Å². The summed E-state index contributed by atoms with van der Waals surface area (Å²) >= 11 is 0. The van der Waals surface area contributed by atoms with Crippen LogP contribution in [0.3, 0.4) is 0 Å². The minimum Gasteiger partial charge on any atom is -0.494 e. The number of nitrogens with two attached hydrogens (primary N) is 1. The molecule has 7 nitrogen and oxygen atoms in total. The third-order valence-electron chi connectivity index (χ3n) is 4.71. The molecule has 1 unspecified atom stereocenters. The van der Waals surface area contributed by atoms with E-state index in [1.54, 1.807) is 6.07 Å². The average Bonchev–Trinajstić information content (AvgIpc) is 2.65. The van der Waals surface area contributed by atoms with Crippen LogP contribution >= 0.6 is 0 Å². The Morgan fingerprint density at radius 1 is 1.27 bits per heavy atom. The molecule has 3 N–H and O–H groups in total. The van der Waals surface area contributed by atoms with E-state index < -0.39 is 0 Å². The highest BCUT2D eigenvalue weighted by atomic mass is 16.5. The fourth-order valence-corrected chi connectivity index (χ4v) is 3.42. The van der Waals surface area contributed by atoms with Gasteiger partial charge in [0.25, 0.3) is 0 Å². The molecule has 2 heterocycles. The number of nitrogens with zero attached hydrogens (tertiary/aromatic N) is 4. The zero-order valence-corrected chi connectivity index (χ0v) is 15.2. The summed E-state index contributed by atoms with van der Waals surface area (Å²) in [6, 6.07) is 10.2. The van der Waals surface area contributed by atoms with Crippen molar-refractivity contribution in [3.63, 3.8) is 0 Å². The van der Waals surface area contributed by atoms with E-state index in [2.05, 4.69) is 25.8 Å². The number of anilines is 2. The van der Waals surface area contributed by atoms with Gasteiger partial charge in [-0.15, -0.1) is 0 Å². The van der Waals surface area contributed by atoms with Crippen molar-refractivity contribution in [1.82, 2.24) is 14.9 Å². The summed E-state index contributed by atoms with van der Waals surface area (Å²) in [7, 11) is 0. The third-order valence-corrected chi connectivity index (χ3v) is 4.71.